The van der Waals surface area contributed by atoms with Gasteiger partial charge in [-0.25, -0.2) is 0 Å². The molecule has 0 radical (unpaired) electrons. The second-order valence-corrected chi connectivity index (χ2v) is 6.12. The molecular formula is C14H27N3O2. The van der Waals surface area contributed by atoms with Crippen molar-refractivity contribution in [1.82, 2.24) is 15.1 Å². The number of nitrogens with zero attached hydrogens (tertiary/aromatic N) is 2. The maximum Gasteiger partial charge on any atom is 0.323 e. The molecule has 2 aliphatic heterocycles. The lowest BCUT2D eigenvalue weighted by atomic mass is 9.96. The smallest absolute Gasteiger partial charge is 0.323 e. The average Bonchev–Trinajstić information content (AvgIpc) is 2.85. The predicted octanol–water partition coefficient (Wildman–Crippen LogP) is 0.609. The topological polar surface area (TPSA) is 55.8 Å². The Kier molecular flexibility index (Phi) is 4.81. The third-order valence-electron chi connectivity index (χ3n) is 4.85. The van der Waals surface area contributed by atoms with Crippen LogP contribution in [0.5, 0.6) is 0 Å². The van der Waals surface area contributed by atoms with E-state index in [2.05, 4.69) is 15.1 Å². The molecule has 0 aromatic carbocycles. The van der Waals surface area contributed by atoms with Crippen molar-refractivity contribution in [3.63, 3.8) is 0 Å². The van der Waals surface area contributed by atoms with Crippen LogP contribution in [0.25, 0.3) is 0 Å². The minimum absolute atomic E-state index is 0.684. The molecule has 2 fully saturated rings. The van der Waals surface area contributed by atoms with Crippen LogP contribution in [0.3, 0.4) is 0 Å². The highest BCUT2D eigenvalue weighted by atomic mass is 16.4. The maximum absolute atomic E-state index is 11.2. The summed E-state index contributed by atoms with van der Waals surface area (Å²) >= 11 is 0. The number of hydrogen-bond donors (Lipinski definition) is 2. The standard InChI is InChI=1S/C14H27N3O2/c1-14(15-2,13(18)19)6-4-7-16-9-10-17-8-3-5-12(17)11-16/h12,15H,3-11H2,1-2H3,(H,18,19). The monoisotopic (exact) mass is 269 g/mol. The van der Waals surface area contributed by atoms with Crippen molar-refractivity contribution in [3.05, 3.63) is 0 Å². The highest BCUT2D eigenvalue weighted by molar-refractivity contribution is 5.78. The van der Waals surface area contributed by atoms with Gasteiger partial charge in [0.25, 0.3) is 0 Å². The summed E-state index contributed by atoms with van der Waals surface area (Å²) in [6.07, 6.45) is 4.30. The average molecular weight is 269 g/mol. The lowest BCUT2D eigenvalue weighted by molar-refractivity contribution is -0.144. The minimum atomic E-state index is -0.783. The van der Waals surface area contributed by atoms with E-state index in [1.54, 1.807) is 14.0 Å². The van der Waals surface area contributed by atoms with Gasteiger partial charge in [0, 0.05) is 25.7 Å². The van der Waals surface area contributed by atoms with Gasteiger partial charge in [0.15, 0.2) is 0 Å². The summed E-state index contributed by atoms with van der Waals surface area (Å²) < 4.78 is 0. The molecule has 0 bridgehead atoms. The molecule has 0 aliphatic carbocycles. The van der Waals surface area contributed by atoms with Gasteiger partial charge in [-0.1, -0.05) is 0 Å². The zero-order valence-corrected chi connectivity index (χ0v) is 12.2. The number of aliphatic carboxylic acids is 1. The molecule has 0 aromatic rings. The number of hydrogen-bond acceptors (Lipinski definition) is 4. The van der Waals surface area contributed by atoms with Crippen LogP contribution in [0.1, 0.15) is 32.6 Å². The second kappa shape index (κ2) is 6.20. The van der Waals surface area contributed by atoms with Gasteiger partial charge in [0.1, 0.15) is 5.54 Å². The van der Waals surface area contributed by atoms with Gasteiger partial charge >= 0.3 is 5.97 Å². The summed E-state index contributed by atoms with van der Waals surface area (Å²) in [7, 11) is 1.73. The molecule has 5 nitrogen and oxygen atoms in total. The van der Waals surface area contributed by atoms with Gasteiger partial charge in [-0.15, -0.1) is 0 Å². The molecule has 2 saturated heterocycles. The Labute approximate surface area is 115 Å². The van der Waals surface area contributed by atoms with Crippen LogP contribution in [0.2, 0.25) is 0 Å². The van der Waals surface area contributed by atoms with Crippen molar-refractivity contribution in [3.8, 4) is 0 Å². The minimum Gasteiger partial charge on any atom is -0.480 e. The quantitative estimate of drug-likeness (QED) is 0.740. The first-order valence-electron chi connectivity index (χ1n) is 7.44. The maximum atomic E-state index is 11.2. The van der Waals surface area contributed by atoms with Gasteiger partial charge in [0.05, 0.1) is 0 Å². The van der Waals surface area contributed by atoms with E-state index >= 15 is 0 Å². The number of likely N-dealkylation sites (N-methyl/N-ethyl adjacent to an activating group) is 1. The third kappa shape index (κ3) is 3.46. The first kappa shape index (κ1) is 14.8. The summed E-state index contributed by atoms with van der Waals surface area (Å²) in [5.41, 5.74) is -0.783. The number of piperazine rings is 1. The number of nitrogens with one attached hydrogen (secondary N) is 1. The Morgan fingerprint density at radius 2 is 2.21 bits per heavy atom. The fourth-order valence-electron chi connectivity index (χ4n) is 3.25. The molecule has 2 N–H and O–H groups in total. The Hall–Kier alpha value is -0.650. The fourth-order valence-corrected chi connectivity index (χ4v) is 3.25. The van der Waals surface area contributed by atoms with Gasteiger partial charge < -0.3 is 15.3 Å². The Morgan fingerprint density at radius 1 is 1.42 bits per heavy atom. The van der Waals surface area contributed by atoms with Crippen LogP contribution in [0, 0.1) is 0 Å². The molecular weight excluding hydrogens is 242 g/mol. The lowest BCUT2D eigenvalue weighted by Crippen LogP contribution is -2.51. The number of carboxylic acid groups (broad SMARTS) is 1. The van der Waals surface area contributed by atoms with Crippen LogP contribution >= 0.6 is 0 Å². The van der Waals surface area contributed by atoms with Crippen LogP contribution in [-0.4, -0.2) is 72.2 Å². The summed E-state index contributed by atoms with van der Waals surface area (Å²) in [4.78, 5) is 16.3. The van der Waals surface area contributed by atoms with E-state index in [-0.39, 0.29) is 0 Å². The van der Waals surface area contributed by atoms with Gasteiger partial charge in [-0.05, 0) is 52.7 Å². The van der Waals surface area contributed by atoms with E-state index in [4.69, 9.17) is 0 Å². The van der Waals surface area contributed by atoms with E-state index in [9.17, 15) is 9.90 Å². The molecule has 2 heterocycles. The third-order valence-corrected chi connectivity index (χ3v) is 4.85. The molecule has 2 unspecified atom stereocenters. The fraction of sp³-hybridized carbons (Fsp3) is 0.929. The summed E-state index contributed by atoms with van der Waals surface area (Å²) in [5.74, 6) is -0.754. The van der Waals surface area contributed by atoms with E-state index in [1.165, 1.54) is 32.5 Å². The van der Waals surface area contributed by atoms with Crippen molar-refractivity contribution in [2.24, 2.45) is 0 Å². The molecule has 2 aliphatic rings. The molecule has 0 aromatic heterocycles. The van der Waals surface area contributed by atoms with E-state index in [1.807, 2.05) is 0 Å². The Morgan fingerprint density at radius 3 is 2.89 bits per heavy atom. The molecule has 110 valence electrons. The molecule has 0 amide bonds. The first-order chi connectivity index (χ1) is 9.05. The van der Waals surface area contributed by atoms with E-state index in [0.717, 1.165) is 25.6 Å². The molecule has 5 heteroatoms. The molecule has 19 heavy (non-hydrogen) atoms. The number of carboxylic acids is 1. The van der Waals surface area contributed by atoms with E-state index < -0.39 is 11.5 Å². The van der Waals surface area contributed by atoms with Crippen molar-refractivity contribution < 1.29 is 9.90 Å². The van der Waals surface area contributed by atoms with Gasteiger partial charge in [0.2, 0.25) is 0 Å². The molecule has 0 spiro atoms. The van der Waals surface area contributed by atoms with Crippen molar-refractivity contribution >= 4 is 5.97 Å². The highest BCUT2D eigenvalue weighted by Crippen LogP contribution is 2.22. The van der Waals surface area contributed by atoms with E-state index in [0.29, 0.717) is 6.42 Å². The van der Waals surface area contributed by atoms with Gasteiger partial charge in [-0.3, -0.25) is 9.69 Å². The van der Waals surface area contributed by atoms with Gasteiger partial charge in [-0.2, -0.15) is 0 Å². The van der Waals surface area contributed by atoms with Crippen LogP contribution in [0.4, 0.5) is 0 Å². The summed E-state index contributed by atoms with van der Waals surface area (Å²) in [6.45, 7) is 7.56. The predicted molar refractivity (Wildman–Crippen MR) is 75.4 cm³/mol. The van der Waals surface area contributed by atoms with Crippen molar-refractivity contribution in [2.75, 3.05) is 39.8 Å². The van der Waals surface area contributed by atoms with Crippen LogP contribution in [0.15, 0.2) is 0 Å². The number of carbonyl (C=O) groups is 1. The SMILES string of the molecule is CNC(C)(CCCN1CCN2CCCC2C1)C(=O)O. The van der Waals surface area contributed by atoms with Crippen molar-refractivity contribution in [2.45, 2.75) is 44.2 Å². The zero-order valence-electron chi connectivity index (χ0n) is 12.2. The molecule has 2 atom stereocenters. The molecule has 0 saturated carbocycles. The number of fused-ring (bicyclic) bond motifs is 1. The Balaban J connectivity index is 1.72. The first-order valence-corrected chi connectivity index (χ1v) is 7.44. The van der Waals surface area contributed by atoms with Crippen molar-refractivity contribution in [1.29, 1.82) is 0 Å². The van der Waals surface area contributed by atoms with Crippen LogP contribution in [-0.2, 0) is 4.79 Å². The normalized spacial score (nSPS) is 28.0. The lowest BCUT2D eigenvalue weighted by Gasteiger charge is -2.38. The Bertz CT molecular complexity index is 324. The highest BCUT2D eigenvalue weighted by Gasteiger charge is 2.32. The molecule has 2 rings (SSSR count). The number of rotatable bonds is 6. The second-order valence-electron chi connectivity index (χ2n) is 6.12. The summed E-state index contributed by atoms with van der Waals surface area (Å²) in [6, 6.07) is 0.754. The largest absolute Gasteiger partial charge is 0.480 e. The summed E-state index contributed by atoms with van der Waals surface area (Å²) in [5, 5.41) is 12.1. The van der Waals surface area contributed by atoms with Crippen LogP contribution < -0.4 is 5.32 Å². The zero-order chi connectivity index (χ0) is 13.9.